The Kier molecular flexibility index (Phi) is 5.30. The second-order valence-electron chi connectivity index (χ2n) is 6.00. The van der Waals surface area contributed by atoms with Crippen molar-refractivity contribution in [1.82, 2.24) is 4.90 Å². The number of β-amino-alcohol motifs (C(OH)–C–C–N with tert-alkyl or cyclic N) is 1. The van der Waals surface area contributed by atoms with Gasteiger partial charge in [0.2, 0.25) is 11.8 Å². The zero-order valence-electron chi connectivity index (χ0n) is 12.7. The summed E-state index contributed by atoms with van der Waals surface area (Å²) in [6.45, 7) is 0.492. The van der Waals surface area contributed by atoms with Crippen molar-refractivity contribution in [2.75, 3.05) is 13.1 Å². The smallest absolute Gasteiger partial charge is 0.223 e. The molecule has 1 aliphatic heterocycles. The van der Waals surface area contributed by atoms with E-state index in [9.17, 15) is 23.5 Å². The number of amides is 2. The molecule has 126 valence electrons. The number of aliphatic hydroxyl groups is 1. The van der Waals surface area contributed by atoms with Crippen molar-refractivity contribution < 1.29 is 23.5 Å². The van der Waals surface area contributed by atoms with Gasteiger partial charge in [-0.1, -0.05) is 12.1 Å². The highest BCUT2D eigenvalue weighted by Gasteiger charge is 2.36. The summed E-state index contributed by atoms with van der Waals surface area (Å²) in [5, 5.41) is 10.3. The van der Waals surface area contributed by atoms with Gasteiger partial charge < -0.3 is 15.7 Å². The van der Waals surface area contributed by atoms with E-state index in [1.54, 1.807) is 0 Å². The van der Waals surface area contributed by atoms with Gasteiger partial charge in [-0.05, 0) is 30.9 Å². The minimum atomic E-state index is -1.30. The van der Waals surface area contributed by atoms with Crippen molar-refractivity contribution >= 4 is 11.8 Å². The summed E-state index contributed by atoms with van der Waals surface area (Å²) < 4.78 is 26.7. The van der Waals surface area contributed by atoms with E-state index in [0.29, 0.717) is 19.4 Å². The summed E-state index contributed by atoms with van der Waals surface area (Å²) in [4.78, 5) is 24.7. The first kappa shape index (κ1) is 17.3. The molecule has 1 heterocycles. The molecule has 1 fully saturated rings. The molecule has 1 aromatic carbocycles. The summed E-state index contributed by atoms with van der Waals surface area (Å²) in [6, 6.07) is 3.85. The number of aryl methyl sites for hydroxylation is 1. The molecule has 1 aromatic rings. The standard InChI is InChI=1S/C16H20F2N2O3/c17-12-4-1-3-11(15(12)18)5-6-14(22)20-8-2-7-16(23,10-20)9-13(19)21/h1,3-4,23H,2,5-10H2,(H2,19,21). The SMILES string of the molecule is NC(=O)CC1(O)CCCN(C(=O)CCc2cccc(F)c2F)C1. The van der Waals surface area contributed by atoms with Crippen LogP contribution in [0.15, 0.2) is 18.2 Å². The molecular formula is C16H20F2N2O3. The van der Waals surface area contributed by atoms with Crippen LogP contribution < -0.4 is 5.73 Å². The van der Waals surface area contributed by atoms with E-state index in [1.807, 2.05) is 0 Å². The third kappa shape index (κ3) is 4.48. The number of carbonyl (C=O) groups is 2. The van der Waals surface area contributed by atoms with Crippen LogP contribution in [0, 0.1) is 11.6 Å². The Bertz CT molecular complexity index is 609. The van der Waals surface area contributed by atoms with Crippen LogP contribution in [0.5, 0.6) is 0 Å². The van der Waals surface area contributed by atoms with E-state index in [-0.39, 0.29) is 37.3 Å². The normalized spacial score (nSPS) is 21.3. The van der Waals surface area contributed by atoms with Gasteiger partial charge in [-0.15, -0.1) is 0 Å². The fraction of sp³-hybridized carbons (Fsp3) is 0.500. The van der Waals surface area contributed by atoms with Gasteiger partial charge >= 0.3 is 0 Å². The highest BCUT2D eigenvalue weighted by molar-refractivity contribution is 5.77. The lowest BCUT2D eigenvalue weighted by molar-refractivity contribution is -0.141. The molecule has 0 spiro atoms. The van der Waals surface area contributed by atoms with Crippen LogP contribution in [-0.4, -0.2) is 40.5 Å². The second kappa shape index (κ2) is 7.04. The van der Waals surface area contributed by atoms with Gasteiger partial charge in [-0.2, -0.15) is 0 Å². The fourth-order valence-electron chi connectivity index (χ4n) is 2.94. The predicted octanol–water partition coefficient (Wildman–Crippen LogP) is 1.13. The van der Waals surface area contributed by atoms with Gasteiger partial charge in [-0.25, -0.2) is 8.78 Å². The highest BCUT2D eigenvalue weighted by Crippen LogP contribution is 2.25. The molecule has 2 rings (SSSR count). The summed E-state index contributed by atoms with van der Waals surface area (Å²) in [5.74, 6) is -2.77. The lowest BCUT2D eigenvalue weighted by Gasteiger charge is -2.38. The number of hydrogen-bond acceptors (Lipinski definition) is 3. The van der Waals surface area contributed by atoms with Gasteiger partial charge in [-0.3, -0.25) is 9.59 Å². The summed E-state index contributed by atoms with van der Waals surface area (Å²) >= 11 is 0. The van der Waals surface area contributed by atoms with Crippen LogP contribution in [0.4, 0.5) is 8.78 Å². The Labute approximate surface area is 133 Å². The first-order valence-corrected chi connectivity index (χ1v) is 7.52. The molecule has 0 saturated carbocycles. The highest BCUT2D eigenvalue weighted by atomic mass is 19.2. The molecule has 0 radical (unpaired) electrons. The molecule has 3 N–H and O–H groups in total. The van der Waals surface area contributed by atoms with Crippen LogP contribution in [0.3, 0.4) is 0 Å². The van der Waals surface area contributed by atoms with Crippen molar-refractivity contribution in [3.63, 3.8) is 0 Å². The summed E-state index contributed by atoms with van der Waals surface area (Å²) in [5.41, 5.74) is 3.96. The lowest BCUT2D eigenvalue weighted by atomic mass is 9.89. The number of piperidine rings is 1. The molecule has 1 saturated heterocycles. The van der Waals surface area contributed by atoms with E-state index in [4.69, 9.17) is 5.73 Å². The van der Waals surface area contributed by atoms with Crippen molar-refractivity contribution in [3.8, 4) is 0 Å². The van der Waals surface area contributed by atoms with Crippen molar-refractivity contribution in [1.29, 1.82) is 0 Å². The average molecular weight is 326 g/mol. The Morgan fingerprint density at radius 3 is 2.78 bits per heavy atom. The maximum Gasteiger partial charge on any atom is 0.223 e. The Morgan fingerprint density at radius 1 is 1.35 bits per heavy atom. The van der Waals surface area contributed by atoms with E-state index < -0.39 is 23.1 Å². The van der Waals surface area contributed by atoms with Gasteiger partial charge in [0.25, 0.3) is 0 Å². The maximum absolute atomic E-state index is 13.6. The zero-order valence-corrected chi connectivity index (χ0v) is 12.7. The molecule has 1 atom stereocenters. The molecule has 0 aromatic heterocycles. The molecule has 0 bridgehead atoms. The zero-order chi connectivity index (χ0) is 17.0. The maximum atomic E-state index is 13.6. The van der Waals surface area contributed by atoms with Crippen LogP contribution >= 0.6 is 0 Å². The molecule has 1 aliphatic rings. The Balaban J connectivity index is 1.95. The first-order valence-electron chi connectivity index (χ1n) is 7.52. The number of benzene rings is 1. The number of likely N-dealkylation sites (tertiary alicyclic amines) is 1. The van der Waals surface area contributed by atoms with Gasteiger partial charge in [0.05, 0.1) is 12.0 Å². The van der Waals surface area contributed by atoms with E-state index in [2.05, 4.69) is 0 Å². The molecular weight excluding hydrogens is 306 g/mol. The van der Waals surface area contributed by atoms with Crippen LogP contribution in [-0.2, 0) is 16.0 Å². The summed E-state index contributed by atoms with van der Waals surface area (Å²) in [7, 11) is 0. The fourth-order valence-corrected chi connectivity index (χ4v) is 2.94. The first-order chi connectivity index (χ1) is 10.8. The second-order valence-corrected chi connectivity index (χ2v) is 6.00. The number of nitrogens with zero attached hydrogens (tertiary/aromatic N) is 1. The van der Waals surface area contributed by atoms with Crippen molar-refractivity contribution in [2.45, 2.75) is 37.7 Å². The molecule has 7 heteroatoms. The molecule has 0 aliphatic carbocycles. The molecule has 23 heavy (non-hydrogen) atoms. The number of halogens is 2. The van der Waals surface area contributed by atoms with Gasteiger partial charge in [0.15, 0.2) is 11.6 Å². The van der Waals surface area contributed by atoms with Crippen molar-refractivity contribution in [2.24, 2.45) is 5.73 Å². The number of carbonyl (C=O) groups excluding carboxylic acids is 2. The monoisotopic (exact) mass is 326 g/mol. The van der Waals surface area contributed by atoms with Crippen LogP contribution in [0.25, 0.3) is 0 Å². The quantitative estimate of drug-likeness (QED) is 0.851. The Morgan fingerprint density at radius 2 is 2.09 bits per heavy atom. The van der Waals surface area contributed by atoms with Gasteiger partial charge in [0, 0.05) is 19.5 Å². The lowest BCUT2D eigenvalue weighted by Crippen LogP contribution is -2.51. The summed E-state index contributed by atoms with van der Waals surface area (Å²) in [6.07, 6.45) is 0.845. The largest absolute Gasteiger partial charge is 0.388 e. The average Bonchev–Trinajstić information content (AvgIpc) is 2.47. The van der Waals surface area contributed by atoms with E-state index >= 15 is 0 Å². The molecule has 1 unspecified atom stereocenters. The minimum Gasteiger partial charge on any atom is -0.388 e. The topological polar surface area (TPSA) is 83.6 Å². The van der Waals surface area contributed by atoms with Crippen LogP contribution in [0.1, 0.15) is 31.2 Å². The number of nitrogens with two attached hydrogens (primary N) is 1. The van der Waals surface area contributed by atoms with E-state index in [0.717, 1.165) is 6.07 Å². The van der Waals surface area contributed by atoms with Crippen LogP contribution in [0.2, 0.25) is 0 Å². The van der Waals surface area contributed by atoms with E-state index in [1.165, 1.54) is 17.0 Å². The van der Waals surface area contributed by atoms with Gasteiger partial charge in [0.1, 0.15) is 0 Å². The number of hydrogen-bond donors (Lipinski definition) is 2. The number of primary amides is 1. The van der Waals surface area contributed by atoms with Crippen molar-refractivity contribution in [3.05, 3.63) is 35.4 Å². The third-order valence-electron chi connectivity index (χ3n) is 4.05. The predicted molar refractivity (Wildman–Crippen MR) is 79.3 cm³/mol. The molecule has 5 nitrogen and oxygen atoms in total. The number of rotatable bonds is 5. The minimum absolute atomic E-state index is 0.00697. The molecule has 2 amide bonds. The Hall–Kier alpha value is -2.02. The third-order valence-corrected chi connectivity index (χ3v) is 4.05.